The van der Waals surface area contributed by atoms with Crippen molar-refractivity contribution in [2.75, 3.05) is 13.2 Å². The van der Waals surface area contributed by atoms with Gasteiger partial charge in [-0.1, -0.05) is 307 Å². The quantitative estimate of drug-likeness (QED) is 0.0261. The van der Waals surface area contributed by atoms with E-state index in [4.69, 9.17) is 14.2 Å². The Bertz CT molecular complexity index is 1300. The monoisotopic (exact) mass is 1050 g/mol. The molecule has 0 aromatic heterocycles. The molecule has 0 N–H and O–H groups in total. The Morgan fingerprint density at radius 2 is 0.493 bits per heavy atom. The lowest BCUT2D eigenvalue weighted by molar-refractivity contribution is -0.167. The molecule has 0 radical (unpaired) electrons. The van der Waals surface area contributed by atoms with Crippen molar-refractivity contribution in [1.29, 1.82) is 0 Å². The highest BCUT2D eigenvalue weighted by Gasteiger charge is 2.19. The van der Waals surface area contributed by atoms with Crippen molar-refractivity contribution in [3.05, 3.63) is 48.6 Å². The van der Waals surface area contributed by atoms with Crippen molar-refractivity contribution < 1.29 is 28.6 Å². The van der Waals surface area contributed by atoms with Crippen molar-refractivity contribution >= 4 is 17.9 Å². The normalized spacial score (nSPS) is 12.3. The topological polar surface area (TPSA) is 78.9 Å². The molecule has 0 aromatic rings. The lowest BCUT2D eigenvalue weighted by Gasteiger charge is -2.18. The molecule has 0 aliphatic carbocycles. The Balaban J connectivity index is 4.38. The summed E-state index contributed by atoms with van der Waals surface area (Å²) in [6.07, 6.45) is 79.8. The Labute approximate surface area is 467 Å². The van der Waals surface area contributed by atoms with Gasteiger partial charge in [0.05, 0.1) is 0 Å². The summed E-state index contributed by atoms with van der Waals surface area (Å²) in [6, 6.07) is 0. The van der Waals surface area contributed by atoms with Gasteiger partial charge in [0.15, 0.2) is 6.10 Å². The van der Waals surface area contributed by atoms with Gasteiger partial charge in [0.2, 0.25) is 0 Å². The summed E-state index contributed by atoms with van der Waals surface area (Å²) < 4.78 is 16.9. The van der Waals surface area contributed by atoms with Crippen LogP contribution in [0.5, 0.6) is 0 Å². The zero-order valence-corrected chi connectivity index (χ0v) is 50.3. The first-order chi connectivity index (χ1) is 37.0. The highest BCUT2D eigenvalue weighted by Crippen LogP contribution is 2.17. The number of unbranched alkanes of at least 4 members (excludes halogenated alkanes) is 42. The Morgan fingerprint density at radius 1 is 0.267 bits per heavy atom. The van der Waals surface area contributed by atoms with Gasteiger partial charge in [-0.2, -0.15) is 0 Å². The minimum absolute atomic E-state index is 0.0861. The predicted molar refractivity (Wildman–Crippen MR) is 325 cm³/mol. The number of carbonyl (C=O) groups is 3. The summed E-state index contributed by atoms with van der Waals surface area (Å²) in [4.78, 5) is 38.3. The van der Waals surface area contributed by atoms with Crippen LogP contribution < -0.4 is 0 Å². The molecule has 0 aliphatic rings. The largest absolute Gasteiger partial charge is 0.462 e. The third kappa shape index (κ3) is 62.1. The van der Waals surface area contributed by atoms with Gasteiger partial charge in [-0.25, -0.2) is 0 Å². The first-order valence-electron chi connectivity index (χ1n) is 33.1. The molecule has 6 heteroatoms. The fourth-order valence-corrected chi connectivity index (χ4v) is 9.81. The third-order valence-corrected chi connectivity index (χ3v) is 14.8. The van der Waals surface area contributed by atoms with E-state index in [2.05, 4.69) is 69.4 Å². The molecule has 0 amide bonds. The molecular weight excluding hydrogens is 925 g/mol. The van der Waals surface area contributed by atoms with E-state index in [1.54, 1.807) is 0 Å². The number of ether oxygens (including phenoxy) is 3. The average molecular weight is 1050 g/mol. The van der Waals surface area contributed by atoms with Gasteiger partial charge in [0.1, 0.15) is 13.2 Å². The smallest absolute Gasteiger partial charge is 0.306 e. The van der Waals surface area contributed by atoms with Crippen LogP contribution in [0.25, 0.3) is 0 Å². The molecule has 438 valence electrons. The van der Waals surface area contributed by atoms with E-state index < -0.39 is 6.10 Å². The molecule has 6 nitrogen and oxygen atoms in total. The summed E-state index contributed by atoms with van der Waals surface area (Å²) in [5.74, 6) is -0.919. The summed E-state index contributed by atoms with van der Waals surface area (Å²) in [5, 5.41) is 0. The van der Waals surface area contributed by atoms with E-state index in [0.29, 0.717) is 25.7 Å². The minimum atomic E-state index is -0.793. The van der Waals surface area contributed by atoms with Gasteiger partial charge in [0, 0.05) is 19.3 Å². The van der Waals surface area contributed by atoms with Crippen molar-refractivity contribution in [2.45, 2.75) is 361 Å². The van der Waals surface area contributed by atoms with Gasteiger partial charge in [-0.15, -0.1) is 0 Å². The molecule has 0 fully saturated rings. The van der Waals surface area contributed by atoms with Crippen LogP contribution in [0.2, 0.25) is 0 Å². The fraction of sp³-hybridized carbons (Fsp3) is 0.841. The van der Waals surface area contributed by atoms with E-state index in [1.807, 2.05) is 0 Å². The van der Waals surface area contributed by atoms with Gasteiger partial charge in [0.25, 0.3) is 0 Å². The van der Waals surface area contributed by atoms with Crippen LogP contribution in [0.3, 0.4) is 0 Å². The Morgan fingerprint density at radius 3 is 0.813 bits per heavy atom. The van der Waals surface area contributed by atoms with E-state index >= 15 is 0 Å². The van der Waals surface area contributed by atoms with Crippen molar-refractivity contribution in [1.82, 2.24) is 0 Å². The van der Waals surface area contributed by atoms with Crippen LogP contribution in [-0.4, -0.2) is 37.2 Å². The van der Waals surface area contributed by atoms with Crippen molar-refractivity contribution in [3.63, 3.8) is 0 Å². The second-order valence-corrected chi connectivity index (χ2v) is 22.4. The van der Waals surface area contributed by atoms with E-state index in [9.17, 15) is 14.4 Å². The molecule has 0 aliphatic heterocycles. The van der Waals surface area contributed by atoms with Crippen LogP contribution in [0.4, 0.5) is 0 Å². The lowest BCUT2D eigenvalue weighted by Crippen LogP contribution is -2.30. The fourth-order valence-electron chi connectivity index (χ4n) is 9.81. The minimum Gasteiger partial charge on any atom is -0.462 e. The molecule has 0 rings (SSSR count). The predicted octanol–water partition coefficient (Wildman–Crippen LogP) is 22.6. The second kappa shape index (κ2) is 63.9. The molecule has 0 aromatic carbocycles. The van der Waals surface area contributed by atoms with Crippen LogP contribution in [0.15, 0.2) is 48.6 Å². The molecule has 0 bridgehead atoms. The number of hydrogen-bond acceptors (Lipinski definition) is 6. The number of allylic oxidation sites excluding steroid dienone is 8. The maximum Gasteiger partial charge on any atom is 0.306 e. The summed E-state index contributed by atoms with van der Waals surface area (Å²) in [7, 11) is 0. The van der Waals surface area contributed by atoms with Crippen LogP contribution >= 0.6 is 0 Å². The summed E-state index contributed by atoms with van der Waals surface area (Å²) in [5.41, 5.74) is 0. The van der Waals surface area contributed by atoms with E-state index in [-0.39, 0.29) is 31.1 Å². The molecule has 0 unspecified atom stereocenters. The Kier molecular flexibility index (Phi) is 61.7. The number of hydrogen-bond donors (Lipinski definition) is 0. The molecule has 0 saturated heterocycles. The highest BCUT2D eigenvalue weighted by molar-refractivity contribution is 5.71. The molecular formula is C69H126O6. The van der Waals surface area contributed by atoms with Crippen molar-refractivity contribution in [2.24, 2.45) is 0 Å². The number of rotatable bonds is 61. The van der Waals surface area contributed by atoms with Crippen molar-refractivity contribution in [3.8, 4) is 0 Å². The van der Waals surface area contributed by atoms with Gasteiger partial charge < -0.3 is 14.2 Å². The highest BCUT2D eigenvalue weighted by atomic mass is 16.6. The van der Waals surface area contributed by atoms with Gasteiger partial charge in [-0.3, -0.25) is 14.4 Å². The maximum atomic E-state index is 12.9. The summed E-state index contributed by atoms with van der Waals surface area (Å²) in [6.45, 7) is 6.65. The lowest BCUT2D eigenvalue weighted by atomic mass is 10.0. The number of carbonyl (C=O) groups excluding carboxylic acids is 3. The zero-order chi connectivity index (χ0) is 54.3. The van der Waals surface area contributed by atoms with Crippen LogP contribution in [-0.2, 0) is 28.6 Å². The van der Waals surface area contributed by atoms with Gasteiger partial charge >= 0.3 is 17.9 Å². The third-order valence-electron chi connectivity index (χ3n) is 14.8. The van der Waals surface area contributed by atoms with E-state index in [0.717, 1.165) is 57.8 Å². The number of esters is 3. The second-order valence-electron chi connectivity index (χ2n) is 22.4. The van der Waals surface area contributed by atoms with Crippen LogP contribution in [0.1, 0.15) is 355 Å². The molecule has 0 saturated carbocycles. The average Bonchev–Trinajstić information content (AvgIpc) is 3.41. The standard InChI is InChI=1S/C69H126O6/c1-4-7-10-13-16-19-22-25-28-31-33-34-36-39-42-45-48-51-54-57-60-63-69(72)75-66(64-73-67(70)61-58-55-52-49-46-43-40-37-30-27-24-21-18-15-12-9-6-3)65-74-68(71)62-59-56-53-50-47-44-41-38-35-32-29-26-23-20-17-14-11-8-5-2/h26-27,29-30,40,43,49,52,66H,4-25,28,31-39,41-42,44-48,50-51,53-65H2,1-3H3/b29-26-,30-27-,43-40-,52-49-/t66-/m0/s1. The van der Waals surface area contributed by atoms with Gasteiger partial charge in [-0.05, 0) is 77.0 Å². The first-order valence-corrected chi connectivity index (χ1v) is 33.1. The molecule has 1 atom stereocenters. The summed E-state index contributed by atoms with van der Waals surface area (Å²) >= 11 is 0. The molecule has 0 heterocycles. The SMILES string of the molecule is CCCCCCCC/C=C\C/C=C\C/C=C\CCCC(=O)OC[C@@H](COC(=O)CCCCCCCCCCC/C=C\CCCCCCCC)OC(=O)CCCCCCCCCCCCCCCCCCCCCCC. The Hall–Kier alpha value is -2.63. The zero-order valence-electron chi connectivity index (χ0n) is 50.3. The first kappa shape index (κ1) is 72.4. The molecule has 75 heavy (non-hydrogen) atoms. The molecule has 0 spiro atoms. The van der Waals surface area contributed by atoms with E-state index in [1.165, 1.54) is 250 Å². The maximum absolute atomic E-state index is 12.9. The van der Waals surface area contributed by atoms with Crippen LogP contribution in [0, 0.1) is 0 Å².